The fraction of sp³-hybridized carbons (Fsp3) is 0.533. The number of carbonyl (C=O) groups excluding carboxylic acids is 1. The highest BCUT2D eigenvalue weighted by Gasteiger charge is 2.38. The van der Waals surface area contributed by atoms with E-state index in [1.165, 1.54) is 28.6 Å². The number of piperidine rings is 1. The molecule has 1 heterocycles. The van der Waals surface area contributed by atoms with Crippen LogP contribution in [0.2, 0.25) is 0 Å². The second-order valence-corrected chi connectivity index (χ2v) is 7.05. The van der Waals surface area contributed by atoms with E-state index in [9.17, 15) is 17.6 Å². The maximum atomic E-state index is 12.7. The Labute approximate surface area is 130 Å². The van der Waals surface area contributed by atoms with Gasteiger partial charge in [-0.25, -0.2) is 12.8 Å². The lowest BCUT2D eigenvalue weighted by atomic mass is 10.1. The number of benzene rings is 1. The molecule has 0 N–H and O–H groups in total. The molecule has 1 saturated heterocycles. The molecule has 2 rings (SSSR count). The molecule has 0 radical (unpaired) electrons. The SMILES string of the molecule is CCOC(=O)C1CCCCN1S(=O)(=O)c1ccc(CF)cc1. The lowest BCUT2D eigenvalue weighted by Gasteiger charge is -2.32. The van der Waals surface area contributed by atoms with Gasteiger partial charge in [-0.05, 0) is 43.9 Å². The third-order valence-electron chi connectivity index (χ3n) is 3.70. The zero-order chi connectivity index (χ0) is 16.2. The lowest BCUT2D eigenvalue weighted by Crippen LogP contribution is -2.48. The molecule has 1 aliphatic heterocycles. The van der Waals surface area contributed by atoms with Crippen LogP contribution >= 0.6 is 0 Å². The average molecular weight is 329 g/mol. The molecule has 0 bridgehead atoms. The van der Waals surface area contributed by atoms with E-state index in [1.807, 2.05) is 0 Å². The van der Waals surface area contributed by atoms with Crippen molar-refractivity contribution in [1.29, 1.82) is 0 Å². The number of rotatable bonds is 5. The van der Waals surface area contributed by atoms with Crippen molar-refractivity contribution in [3.8, 4) is 0 Å². The Hall–Kier alpha value is -1.47. The molecule has 1 unspecified atom stereocenters. The summed E-state index contributed by atoms with van der Waals surface area (Å²) in [4.78, 5) is 12.1. The molecule has 0 aromatic heterocycles. The maximum absolute atomic E-state index is 12.7. The standard InChI is InChI=1S/C15H20FNO4S/c1-2-21-15(18)14-5-3-4-10-17(14)22(19,20)13-8-6-12(11-16)7-9-13/h6-9,14H,2-5,10-11H2,1H3. The number of hydrogen-bond acceptors (Lipinski definition) is 4. The van der Waals surface area contributed by atoms with Crippen LogP contribution in [0.3, 0.4) is 0 Å². The van der Waals surface area contributed by atoms with Crippen LogP contribution in [-0.4, -0.2) is 37.9 Å². The Balaban J connectivity index is 2.29. The topological polar surface area (TPSA) is 63.7 Å². The Morgan fingerprint density at radius 2 is 2.00 bits per heavy atom. The van der Waals surface area contributed by atoms with Crippen LogP contribution in [0.1, 0.15) is 31.7 Å². The van der Waals surface area contributed by atoms with Gasteiger partial charge in [0.25, 0.3) is 0 Å². The zero-order valence-corrected chi connectivity index (χ0v) is 13.3. The normalized spacial score (nSPS) is 19.8. The van der Waals surface area contributed by atoms with Gasteiger partial charge in [-0.15, -0.1) is 0 Å². The molecular weight excluding hydrogens is 309 g/mol. The number of halogens is 1. The first-order valence-electron chi connectivity index (χ1n) is 7.34. The highest BCUT2D eigenvalue weighted by atomic mass is 32.2. The molecule has 1 atom stereocenters. The molecule has 0 amide bonds. The Morgan fingerprint density at radius 1 is 1.32 bits per heavy atom. The summed E-state index contributed by atoms with van der Waals surface area (Å²) >= 11 is 0. The summed E-state index contributed by atoms with van der Waals surface area (Å²) in [5.41, 5.74) is 0.416. The largest absolute Gasteiger partial charge is 0.465 e. The third kappa shape index (κ3) is 3.47. The minimum Gasteiger partial charge on any atom is -0.465 e. The second-order valence-electron chi connectivity index (χ2n) is 5.16. The van der Waals surface area contributed by atoms with E-state index < -0.39 is 28.7 Å². The van der Waals surface area contributed by atoms with Crippen molar-refractivity contribution in [3.05, 3.63) is 29.8 Å². The molecule has 7 heteroatoms. The summed E-state index contributed by atoms with van der Waals surface area (Å²) in [6, 6.07) is 4.86. The number of alkyl halides is 1. The van der Waals surface area contributed by atoms with Gasteiger partial charge in [-0.2, -0.15) is 4.31 Å². The summed E-state index contributed by atoms with van der Waals surface area (Å²) in [5.74, 6) is -0.508. The fourth-order valence-corrected chi connectivity index (χ4v) is 4.20. The van der Waals surface area contributed by atoms with Gasteiger partial charge in [0.05, 0.1) is 11.5 Å². The average Bonchev–Trinajstić information content (AvgIpc) is 2.55. The van der Waals surface area contributed by atoms with Gasteiger partial charge in [0, 0.05) is 6.54 Å². The zero-order valence-electron chi connectivity index (χ0n) is 12.5. The quantitative estimate of drug-likeness (QED) is 0.777. The van der Waals surface area contributed by atoms with E-state index in [0.717, 1.165) is 6.42 Å². The highest BCUT2D eigenvalue weighted by molar-refractivity contribution is 7.89. The van der Waals surface area contributed by atoms with Crippen molar-refractivity contribution < 1.29 is 22.3 Å². The van der Waals surface area contributed by atoms with Gasteiger partial charge in [-0.3, -0.25) is 4.79 Å². The predicted molar refractivity (Wildman–Crippen MR) is 79.4 cm³/mol. The molecule has 1 fully saturated rings. The molecule has 0 saturated carbocycles. The number of hydrogen-bond donors (Lipinski definition) is 0. The van der Waals surface area contributed by atoms with E-state index in [1.54, 1.807) is 6.92 Å². The summed E-state index contributed by atoms with van der Waals surface area (Å²) in [6.45, 7) is 1.55. The molecule has 0 aliphatic carbocycles. The minimum absolute atomic E-state index is 0.0703. The number of esters is 1. The smallest absolute Gasteiger partial charge is 0.324 e. The Morgan fingerprint density at radius 3 is 2.59 bits per heavy atom. The molecule has 122 valence electrons. The number of sulfonamides is 1. The van der Waals surface area contributed by atoms with Gasteiger partial charge >= 0.3 is 5.97 Å². The second kappa shape index (κ2) is 7.19. The van der Waals surface area contributed by atoms with Gasteiger partial charge < -0.3 is 4.74 Å². The van der Waals surface area contributed by atoms with Crippen molar-refractivity contribution in [2.45, 2.75) is 43.8 Å². The van der Waals surface area contributed by atoms with Crippen LogP contribution in [0.5, 0.6) is 0 Å². The van der Waals surface area contributed by atoms with Crippen molar-refractivity contribution in [2.24, 2.45) is 0 Å². The van der Waals surface area contributed by atoms with Crippen molar-refractivity contribution in [1.82, 2.24) is 4.31 Å². The minimum atomic E-state index is -3.79. The van der Waals surface area contributed by atoms with Crippen molar-refractivity contribution in [2.75, 3.05) is 13.2 Å². The molecule has 1 aromatic carbocycles. The van der Waals surface area contributed by atoms with Crippen molar-refractivity contribution in [3.63, 3.8) is 0 Å². The molecule has 1 aromatic rings. The van der Waals surface area contributed by atoms with Crippen LogP contribution in [0.15, 0.2) is 29.2 Å². The fourth-order valence-electron chi connectivity index (χ4n) is 2.55. The van der Waals surface area contributed by atoms with Gasteiger partial charge in [0.1, 0.15) is 12.7 Å². The number of carbonyl (C=O) groups is 1. The molecule has 1 aliphatic rings. The summed E-state index contributed by atoms with van der Waals surface area (Å²) in [6.07, 6.45) is 1.95. The van der Waals surface area contributed by atoms with E-state index >= 15 is 0 Å². The Bertz CT molecular complexity index is 615. The molecule has 22 heavy (non-hydrogen) atoms. The lowest BCUT2D eigenvalue weighted by molar-refractivity contribution is -0.148. The van der Waals surface area contributed by atoms with Gasteiger partial charge in [-0.1, -0.05) is 12.1 Å². The van der Waals surface area contributed by atoms with Crippen molar-refractivity contribution >= 4 is 16.0 Å². The first kappa shape index (κ1) is 16.9. The van der Waals surface area contributed by atoms with Crippen LogP contribution in [0.25, 0.3) is 0 Å². The highest BCUT2D eigenvalue weighted by Crippen LogP contribution is 2.26. The van der Waals surface area contributed by atoms with Crippen LogP contribution in [-0.2, 0) is 26.2 Å². The van der Waals surface area contributed by atoms with Crippen LogP contribution in [0.4, 0.5) is 4.39 Å². The van der Waals surface area contributed by atoms with Crippen LogP contribution < -0.4 is 0 Å². The summed E-state index contributed by atoms with van der Waals surface area (Å²) in [7, 11) is -3.79. The van der Waals surface area contributed by atoms with E-state index in [0.29, 0.717) is 18.4 Å². The number of nitrogens with zero attached hydrogens (tertiary/aromatic N) is 1. The molecular formula is C15H20FNO4S. The van der Waals surface area contributed by atoms with Gasteiger partial charge in [0.2, 0.25) is 10.0 Å². The molecule has 0 spiro atoms. The Kier molecular flexibility index (Phi) is 5.52. The predicted octanol–water partition coefficient (Wildman–Crippen LogP) is 2.26. The van der Waals surface area contributed by atoms with Gasteiger partial charge in [0.15, 0.2) is 0 Å². The maximum Gasteiger partial charge on any atom is 0.324 e. The summed E-state index contributed by atoms with van der Waals surface area (Å²) in [5, 5.41) is 0. The van der Waals surface area contributed by atoms with E-state index in [-0.39, 0.29) is 18.0 Å². The monoisotopic (exact) mass is 329 g/mol. The molecule has 5 nitrogen and oxygen atoms in total. The summed E-state index contributed by atoms with van der Waals surface area (Å²) < 4.78 is 44.2. The number of ether oxygens (including phenoxy) is 1. The van der Waals surface area contributed by atoms with E-state index in [4.69, 9.17) is 4.74 Å². The first-order chi connectivity index (χ1) is 10.5. The van der Waals surface area contributed by atoms with E-state index in [2.05, 4.69) is 0 Å². The third-order valence-corrected chi connectivity index (χ3v) is 5.62. The van der Waals surface area contributed by atoms with Crippen LogP contribution in [0, 0.1) is 0 Å². The first-order valence-corrected chi connectivity index (χ1v) is 8.78.